The molecule has 0 spiro atoms. The van der Waals surface area contributed by atoms with E-state index in [4.69, 9.17) is 4.74 Å². The van der Waals surface area contributed by atoms with Crippen molar-refractivity contribution in [2.45, 2.75) is 32.2 Å². The maximum atomic E-state index is 12.5. The Kier molecular flexibility index (Phi) is 6.16. The van der Waals surface area contributed by atoms with E-state index in [9.17, 15) is 9.59 Å². The van der Waals surface area contributed by atoms with Crippen LogP contribution in [0.2, 0.25) is 0 Å². The fourth-order valence-electron chi connectivity index (χ4n) is 2.80. The van der Waals surface area contributed by atoms with Crippen LogP contribution >= 0.6 is 11.8 Å². The van der Waals surface area contributed by atoms with E-state index in [-0.39, 0.29) is 11.9 Å². The van der Waals surface area contributed by atoms with Gasteiger partial charge >= 0.3 is 5.97 Å². The highest BCUT2D eigenvalue weighted by atomic mass is 32.2. The van der Waals surface area contributed by atoms with Crippen molar-refractivity contribution >= 4 is 23.6 Å². The molecule has 1 N–H and O–H groups in total. The van der Waals surface area contributed by atoms with Gasteiger partial charge in [-0.2, -0.15) is 11.8 Å². The molecule has 114 valence electrons. The molecule has 2 heterocycles. The number of rotatable bonds is 4. The fraction of sp³-hybridized carbons (Fsp3) is 0.857. The van der Waals surface area contributed by atoms with Gasteiger partial charge in [0, 0.05) is 24.5 Å². The first-order valence-electron chi connectivity index (χ1n) is 7.47. The van der Waals surface area contributed by atoms with Crippen molar-refractivity contribution in [3.8, 4) is 0 Å². The Balaban J connectivity index is 1.92. The molecule has 2 aliphatic rings. The molecule has 1 amide bonds. The molecule has 2 rings (SSSR count). The molecule has 2 atom stereocenters. The summed E-state index contributed by atoms with van der Waals surface area (Å²) in [7, 11) is 0. The first-order valence-corrected chi connectivity index (χ1v) is 8.62. The van der Waals surface area contributed by atoms with Gasteiger partial charge in [0.1, 0.15) is 6.04 Å². The Bertz CT molecular complexity index is 345. The molecule has 0 bridgehead atoms. The van der Waals surface area contributed by atoms with Crippen molar-refractivity contribution in [2.75, 3.05) is 37.7 Å². The van der Waals surface area contributed by atoms with Gasteiger partial charge in [-0.05, 0) is 38.8 Å². The van der Waals surface area contributed by atoms with Gasteiger partial charge in [-0.3, -0.25) is 4.79 Å². The van der Waals surface area contributed by atoms with Gasteiger partial charge in [-0.1, -0.05) is 0 Å². The van der Waals surface area contributed by atoms with Gasteiger partial charge < -0.3 is 15.0 Å². The summed E-state index contributed by atoms with van der Waals surface area (Å²) in [4.78, 5) is 26.2. The number of ether oxygens (including phenoxy) is 1. The average molecular weight is 300 g/mol. The van der Waals surface area contributed by atoms with Crippen LogP contribution in [0.5, 0.6) is 0 Å². The summed E-state index contributed by atoms with van der Waals surface area (Å²) < 4.78 is 5.09. The van der Waals surface area contributed by atoms with Crippen molar-refractivity contribution in [3.63, 3.8) is 0 Å². The lowest BCUT2D eigenvalue weighted by atomic mass is 9.95. The predicted octanol–water partition coefficient (Wildman–Crippen LogP) is 0.883. The molecular formula is C14H24N2O3S. The highest BCUT2D eigenvalue weighted by molar-refractivity contribution is 7.99. The summed E-state index contributed by atoms with van der Waals surface area (Å²) in [6, 6.07) is -0.391. The number of nitrogens with zero attached hydrogens (tertiary/aromatic N) is 1. The lowest BCUT2D eigenvalue weighted by Gasteiger charge is -2.35. The largest absolute Gasteiger partial charge is 0.464 e. The Morgan fingerprint density at radius 1 is 1.45 bits per heavy atom. The molecule has 0 aliphatic carbocycles. The third-order valence-corrected chi connectivity index (χ3v) is 4.89. The third kappa shape index (κ3) is 4.12. The van der Waals surface area contributed by atoms with Crippen LogP contribution in [-0.2, 0) is 14.3 Å². The zero-order valence-corrected chi connectivity index (χ0v) is 12.9. The quantitative estimate of drug-likeness (QED) is 0.781. The van der Waals surface area contributed by atoms with E-state index in [1.54, 1.807) is 23.6 Å². The van der Waals surface area contributed by atoms with Crippen LogP contribution in [0.3, 0.4) is 0 Å². The molecule has 2 aliphatic heterocycles. The Hall–Kier alpha value is -0.750. The van der Waals surface area contributed by atoms with E-state index in [0.717, 1.165) is 31.7 Å². The highest BCUT2D eigenvalue weighted by Gasteiger charge is 2.34. The van der Waals surface area contributed by atoms with Crippen molar-refractivity contribution in [2.24, 2.45) is 5.92 Å². The standard InChI is InChI=1S/C14H24N2O3S/c1-2-19-14(18)12-10-20-7-6-16(12)13(17)8-11-4-3-5-15-9-11/h11-12,15H,2-10H2,1H3. The number of piperidine rings is 1. The summed E-state index contributed by atoms with van der Waals surface area (Å²) >= 11 is 1.72. The Labute approximate surface area is 124 Å². The van der Waals surface area contributed by atoms with Crippen molar-refractivity contribution in [3.05, 3.63) is 0 Å². The molecule has 5 nitrogen and oxygen atoms in total. The lowest BCUT2D eigenvalue weighted by molar-refractivity contribution is -0.154. The molecule has 0 aromatic carbocycles. The monoisotopic (exact) mass is 300 g/mol. The summed E-state index contributed by atoms with van der Waals surface area (Å²) in [6.45, 7) is 4.80. The number of nitrogens with one attached hydrogen (secondary N) is 1. The summed E-state index contributed by atoms with van der Waals surface area (Å²) in [6.07, 6.45) is 2.79. The van der Waals surface area contributed by atoms with Gasteiger partial charge in [0.15, 0.2) is 0 Å². The van der Waals surface area contributed by atoms with Crippen LogP contribution in [0.15, 0.2) is 0 Å². The van der Waals surface area contributed by atoms with Gasteiger partial charge in [0.2, 0.25) is 5.91 Å². The van der Waals surface area contributed by atoms with Crippen molar-refractivity contribution in [1.82, 2.24) is 10.2 Å². The second-order valence-corrected chi connectivity index (χ2v) is 6.50. The summed E-state index contributed by atoms with van der Waals surface area (Å²) in [5, 5.41) is 3.33. The van der Waals surface area contributed by atoms with Crippen molar-refractivity contribution < 1.29 is 14.3 Å². The average Bonchev–Trinajstić information content (AvgIpc) is 2.48. The van der Waals surface area contributed by atoms with E-state index in [2.05, 4.69) is 5.32 Å². The number of esters is 1. The Morgan fingerprint density at radius 2 is 2.30 bits per heavy atom. The number of thioether (sulfide) groups is 1. The summed E-state index contributed by atoms with van der Waals surface area (Å²) in [5.41, 5.74) is 0. The summed E-state index contributed by atoms with van der Waals surface area (Å²) in [5.74, 6) is 1.83. The number of amides is 1. The fourth-order valence-corrected chi connectivity index (χ4v) is 3.83. The highest BCUT2D eigenvalue weighted by Crippen LogP contribution is 2.22. The SMILES string of the molecule is CCOC(=O)C1CSCCN1C(=O)CC1CCCNC1. The third-order valence-electron chi connectivity index (χ3n) is 3.87. The van der Waals surface area contributed by atoms with Crippen LogP contribution in [0, 0.1) is 5.92 Å². The van der Waals surface area contributed by atoms with E-state index < -0.39 is 6.04 Å². The smallest absolute Gasteiger partial charge is 0.329 e. The van der Waals surface area contributed by atoms with Gasteiger partial charge in [0.25, 0.3) is 0 Å². The van der Waals surface area contributed by atoms with E-state index in [1.165, 1.54) is 0 Å². The van der Waals surface area contributed by atoms with Crippen molar-refractivity contribution in [1.29, 1.82) is 0 Å². The van der Waals surface area contributed by atoms with Crippen LogP contribution in [0.4, 0.5) is 0 Å². The number of carbonyl (C=O) groups excluding carboxylic acids is 2. The topological polar surface area (TPSA) is 58.6 Å². The maximum absolute atomic E-state index is 12.5. The van der Waals surface area contributed by atoms with Gasteiger partial charge in [-0.15, -0.1) is 0 Å². The predicted molar refractivity (Wildman–Crippen MR) is 79.7 cm³/mol. The minimum atomic E-state index is -0.391. The first kappa shape index (κ1) is 15.6. The molecule has 0 aromatic rings. The second-order valence-electron chi connectivity index (χ2n) is 5.35. The molecule has 0 aromatic heterocycles. The van der Waals surface area contributed by atoms with Crippen LogP contribution in [0.25, 0.3) is 0 Å². The first-order chi connectivity index (χ1) is 9.72. The zero-order valence-electron chi connectivity index (χ0n) is 12.1. The number of carbonyl (C=O) groups is 2. The van der Waals surface area contributed by atoms with Crippen LogP contribution in [0.1, 0.15) is 26.2 Å². The van der Waals surface area contributed by atoms with E-state index >= 15 is 0 Å². The minimum absolute atomic E-state index is 0.108. The number of hydrogen-bond donors (Lipinski definition) is 1. The van der Waals surface area contributed by atoms with Crippen LogP contribution < -0.4 is 5.32 Å². The molecule has 0 radical (unpaired) electrons. The molecule has 2 saturated heterocycles. The molecule has 2 fully saturated rings. The van der Waals surface area contributed by atoms with Gasteiger partial charge in [-0.25, -0.2) is 4.79 Å². The molecule has 6 heteroatoms. The maximum Gasteiger partial charge on any atom is 0.329 e. The number of hydrogen-bond acceptors (Lipinski definition) is 5. The molecule has 20 heavy (non-hydrogen) atoms. The normalized spacial score (nSPS) is 27.1. The lowest BCUT2D eigenvalue weighted by Crippen LogP contribution is -2.51. The molecule has 0 saturated carbocycles. The van der Waals surface area contributed by atoms with Gasteiger partial charge in [0.05, 0.1) is 6.61 Å². The minimum Gasteiger partial charge on any atom is -0.464 e. The Morgan fingerprint density at radius 3 is 3.00 bits per heavy atom. The zero-order chi connectivity index (χ0) is 14.4. The van der Waals surface area contributed by atoms with Crippen LogP contribution in [-0.4, -0.2) is 60.6 Å². The molecule has 2 unspecified atom stereocenters. The molecular weight excluding hydrogens is 276 g/mol. The second kappa shape index (κ2) is 7.88. The van der Waals surface area contributed by atoms with E-state index in [0.29, 0.717) is 31.2 Å². The van der Waals surface area contributed by atoms with E-state index in [1.807, 2.05) is 0 Å².